The first-order valence-electron chi connectivity index (χ1n) is 8.64. The van der Waals surface area contributed by atoms with Crippen molar-refractivity contribution in [2.75, 3.05) is 17.7 Å². The minimum atomic E-state index is -3.57. The summed E-state index contributed by atoms with van der Waals surface area (Å²) in [6.45, 7) is 0. The largest absolute Gasteiger partial charge is 0.455 e. The van der Waals surface area contributed by atoms with Crippen molar-refractivity contribution in [3.63, 3.8) is 0 Å². The summed E-state index contributed by atoms with van der Waals surface area (Å²) in [7, 11) is -2.06. The second-order valence-corrected chi connectivity index (χ2v) is 8.06. The lowest BCUT2D eigenvalue weighted by Crippen LogP contribution is -2.24. The molecule has 0 fully saturated rings. The Kier molecular flexibility index (Phi) is 5.99. The quantitative estimate of drug-likeness (QED) is 0.573. The summed E-state index contributed by atoms with van der Waals surface area (Å²) in [5.41, 5.74) is 1.06. The number of amides is 3. The molecule has 29 heavy (non-hydrogen) atoms. The maximum absolute atomic E-state index is 12.4. The summed E-state index contributed by atoms with van der Waals surface area (Å²) in [6, 6.07) is 17.1. The van der Waals surface area contributed by atoms with Crippen molar-refractivity contribution < 1.29 is 22.4 Å². The number of rotatable bonds is 6. The predicted octanol–water partition coefficient (Wildman–Crippen LogP) is 3.26. The average Bonchev–Trinajstić information content (AvgIpc) is 3.18. The molecule has 0 radical (unpaired) electrons. The van der Waals surface area contributed by atoms with Crippen LogP contribution in [0.25, 0.3) is 0 Å². The van der Waals surface area contributed by atoms with Gasteiger partial charge < -0.3 is 20.4 Å². The molecule has 0 unspecified atom stereocenters. The van der Waals surface area contributed by atoms with Gasteiger partial charge in [0.1, 0.15) is 11.5 Å². The molecule has 0 spiro atoms. The Morgan fingerprint density at radius 2 is 1.48 bits per heavy atom. The summed E-state index contributed by atoms with van der Waals surface area (Å²) in [5, 5.41) is 7.69. The van der Waals surface area contributed by atoms with Gasteiger partial charge in [-0.05, 0) is 48.5 Å². The van der Waals surface area contributed by atoms with Crippen LogP contribution in [-0.4, -0.2) is 27.4 Å². The Balaban J connectivity index is 1.64. The maximum atomic E-state index is 12.4. The van der Waals surface area contributed by atoms with Crippen LogP contribution in [0.15, 0.2) is 76.0 Å². The third-order valence-corrected chi connectivity index (χ3v) is 5.60. The van der Waals surface area contributed by atoms with E-state index in [2.05, 4.69) is 16.0 Å². The molecule has 3 rings (SSSR count). The highest BCUT2D eigenvalue weighted by Crippen LogP contribution is 2.19. The van der Waals surface area contributed by atoms with E-state index in [-0.39, 0.29) is 28.2 Å². The molecule has 0 saturated heterocycles. The van der Waals surface area contributed by atoms with Gasteiger partial charge in [0, 0.05) is 18.4 Å². The molecule has 150 valence electrons. The van der Waals surface area contributed by atoms with Gasteiger partial charge in [0.15, 0.2) is 15.6 Å². The SMILES string of the molecule is CNC(=O)Nc1ccc(NC(=O)c2ccc(CS(=O)(=O)c3ccccc3)o2)cc1. The smallest absolute Gasteiger partial charge is 0.318 e. The van der Waals surface area contributed by atoms with Crippen LogP contribution >= 0.6 is 0 Å². The molecule has 2 aromatic carbocycles. The van der Waals surface area contributed by atoms with Crippen molar-refractivity contribution in [2.45, 2.75) is 10.6 Å². The molecule has 0 atom stereocenters. The van der Waals surface area contributed by atoms with Crippen LogP contribution < -0.4 is 16.0 Å². The minimum Gasteiger partial charge on any atom is -0.455 e. The van der Waals surface area contributed by atoms with Gasteiger partial charge in [0.2, 0.25) is 0 Å². The van der Waals surface area contributed by atoms with E-state index >= 15 is 0 Å². The number of nitrogens with one attached hydrogen (secondary N) is 3. The number of carbonyl (C=O) groups excluding carboxylic acids is 2. The lowest BCUT2D eigenvalue weighted by molar-refractivity contribution is 0.0995. The van der Waals surface area contributed by atoms with Crippen LogP contribution in [0.4, 0.5) is 16.2 Å². The average molecular weight is 413 g/mol. The van der Waals surface area contributed by atoms with Gasteiger partial charge in [-0.1, -0.05) is 18.2 Å². The van der Waals surface area contributed by atoms with Gasteiger partial charge in [-0.25, -0.2) is 13.2 Å². The maximum Gasteiger partial charge on any atom is 0.318 e. The standard InChI is InChI=1S/C20H19N3O5S/c1-21-20(25)23-15-9-7-14(8-10-15)22-19(24)18-12-11-16(28-18)13-29(26,27)17-5-3-2-4-6-17/h2-12H,13H2,1H3,(H,22,24)(H2,21,23,25). The van der Waals surface area contributed by atoms with Gasteiger partial charge >= 0.3 is 6.03 Å². The fourth-order valence-electron chi connectivity index (χ4n) is 2.50. The van der Waals surface area contributed by atoms with Gasteiger partial charge in [0.25, 0.3) is 5.91 Å². The highest BCUT2D eigenvalue weighted by molar-refractivity contribution is 7.90. The first kappa shape index (κ1) is 20.2. The monoisotopic (exact) mass is 413 g/mol. The van der Waals surface area contributed by atoms with Crippen molar-refractivity contribution in [2.24, 2.45) is 0 Å². The van der Waals surface area contributed by atoms with Gasteiger partial charge in [-0.2, -0.15) is 0 Å². The molecule has 3 N–H and O–H groups in total. The summed E-state index contributed by atoms with van der Waals surface area (Å²) in [5.74, 6) is -0.690. The van der Waals surface area contributed by atoms with Crippen LogP contribution in [0.3, 0.4) is 0 Å². The Hall–Kier alpha value is -3.59. The van der Waals surface area contributed by atoms with Crippen LogP contribution in [0, 0.1) is 0 Å². The number of hydrogen-bond acceptors (Lipinski definition) is 5. The molecule has 0 aliphatic rings. The Bertz CT molecular complexity index is 1110. The lowest BCUT2D eigenvalue weighted by Gasteiger charge is -2.07. The first-order valence-corrected chi connectivity index (χ1v) is 10.3. The van der Waals surface area contributed by atoms with E-state index in [1.165, 1.54) is 31.3 Å². The molecule has 3 aromatic rings. The zero-order valence-corrected chi connectivity index (χ0v) is 16.3. The van der Waals surface area contributed by atoms with Gasteiger partial charge in [0.05, 0.1) is 4.90 Å². The molecule has 0 aliphatic heterocycles. The number of anilines is 2. The molecule has 0 saturated carbocycles. The first-order chi connectivity index (χ1) is 13.9. The van der Waals surface area contributed by atoms with Gasteiger partial charge in [-0.15, -0.1) is 0 Å². The Morgan fingerprint density at radius 3 is 2.10 bits per heavy atom. The highest BCUT2D eigenvalue weighted by atomic mass is 32.2. The molecule has 9 heteroatoms. The number of urea groups is 1. The zero-order valence-electron chi connectivity index (χ0n) is 15.5. The van der Waals surface area contributed by atoms with E-state index in [1.807, 2.05) is 0 Å². The summed E-state index contributed by atoms with van der Waals surface area (Å²) in [6.07, 6.45) is 0. The van der Waals surface area contributed by atoms with E-state index in [4.69, 9.17) is 4.42 Å². The van der Waals surface area contributed by atoms with Crippen molar-refractivity contribution >= 4 is 33.2 Å². The van der Waals surface area contributed by atoms with Crippen molar-refractivity contribution in [1.82, 2.24) is 5.32 Å². The molecule has 1 heterocycles. The fourth-order valence-corrected chi connectivity index (χ4v) is 3.77. The number of furan rings is 1. The number of benzene rings is 2. The lowest BCUT2D eigenvalue weighted by atomic mass is 10.2. The normalized spacial score (nSPS) is 10.9. The Labute approximate surface area is 167 Å². The fraction of sp³-hybridized carbons (Fsp3) is 0.100. The number of carbonyl (C=O) groups is 2. The highest BCUT2D eigenvalue weighted by Gasteiger charge is 2.19. The van der Waals surface area contributed by atoms with Crippen molar-refractivity contribution in [1.29, 1.82) is 0 Å². The molecule has 8 nitrogen and oxygen atoms in total. The summed E-state index contributed by atoms with van der Waals surface area (Å²) >= 11 is 0. The van der Waals surface area contributed by atoms with E-state index < -0.39 is 15.7 Å². The van der Waals surface area contributed by atoms with Crippen LogP contribution in [0.2, 0.25) is 0 Å². The summed E-state index contributed by atoms with van der Waals surface area (Å²) in [4.78, 5) is 23.8. The minimum absolute atomic E-state index is 0.00387. The van der Waals surface area contributed by atoms with E-state index in [0.717, 1.165) is 0 Å². The molecule has 0 aliphatic carbocycles. The topological polar surface area (TPSA) is 118 Å². The second kappa shape index (κ2) is 8.61. The third kappa shape index (κ3) is 5.23. The molecular weight excluding hydrogens is 394 g/mol. The molecular formula is C20H19N3O5S. The molecule has 0 bridgehead atoms. The van der Waals surface area contributed by atoms with Crippen molar-refractivity contribution in [3.05, 3.63) is 78.3 Å². The van der Waals surface area contributed by atoms with E-state index in [0.29, 0.717) is 11.4 Å². The Morgan fingerprint density at radius 1 is 0.862 bits per heavy atom. The van der Waals surface area contributed by atoms with E-state index in [9.17, 15) is 18.0 Å². The summed E-state index contributed by atoms with van der Waals surface area (Å²) < 4.78 is 30.2. The number of sulfone groups is 1. The zero-order chi connectivity index (χ0) is 20.9. The van der Waals surface area contributed by atoms with Gasteiger partial charge in [-0.3, -0.25) is 4.79 Å². The van der Waals surface area contributed by atoms with E-state index in [1.54, 1.807) is 42.5 Å². The predicted molar refractivity (Wildman–Crippen MR) is 109 cm³/mol. The third-order valence-electron chi connectivity index (χ3n) is 3.95. The molecule has 1 aromatic heterocycles. The van der Waals surface area contributed by atoms with Crippen molar-refractivity contribution in [3.8, 4) is 0 Å². The number of hydrogen-bond donors (Lipinski definition) is 3. The van der Waals surface area contributed by atoms with Crippen LogP contribution in [-0.2, 0) is 15.6 Å². The van der Waals surface area contributed by atoms with Crippen LogP contribution in [0.5, 0.6) is 0 Å². The molecule has 3 amide bonds. The second-order valence-electron chi connectivity index (χ2n) is 6.07. The van der Waals surface area contributed by atoms with Crippen LogP contribution in [0.1, 0.15) is 16.3 Å².